The van der Waals surface area contributed by atoms with E-state index in [4.69, 9.17) is 4.74 Å². The van der Waals surface area contributed by atoms with E-state index in [0.717, 1.165) is 36.6 Å². The Morgan fingerprint density at radius 3 is 2.93 bits per heavy atom. The largest absolute Gasteiger partial charge is 0.372 e. The first-order valence-electron chi connectivity index (χ1n) is 9.44. The van der Waals surface area contributed by atoms with Crippen LogP contribution in [0.15, 0.2) is 54.9 Å². The molecule has 1 aromatic carbocycles. The van der Waals surface area contributed by atoms with Gasteiger partial charge in [-0.1, -0.05) is 18.2 Å². The number of non-ortho nitro benzene ring substituents is 1. The summed E-state index contributed by atoms with van der Waals surface area (Å²) in [4.78, 5) is 26.1. The molecular weight excluding hydrogens is 370 g/mol. The molecule has 0 aliphatic carbocycles. The maximum Gasteiger partial charge on any atom is 0.270 e. The van der Waals surface area contributed by atoms with E-state index in [0.29, 0.717) is 18.0 Å². The number of nitrogens with zero attached hydrogens (tertiary/aromatic N) is 5. The summed E-state index contributed by atoms with van der Waals surface area (Å²) in [5.41, 5.74) is 2.53. The molecule has 2 aromatic heterocycles. The summed E-state index contributed by atoms with van der Waals surface area (Å²) in [5, 5.41) is 11.1. The van der Waals surface area contributed by atoms with Gasteiger partial charge in [-0.2, -0.15) is 0 Å². The summed E-state index contributed by atoms with van der Waals surface area (Å²) in [6, 6.07) is 12.2. The Bertz CT molecular complexity index is 1010. The van der Waals surface area contributed by atoms with Gasteiger partial charge in [0, 0.05) is 54.9 Å². The van der Waals surface area contributed by atoms with Crippen molar-refractivity contribution in [1.82, 2.24) is 15.0 Å². The summed E-state index contributed by atoms with van der Waals surface area (Å²) >= 11 is 0. The number of anilines is 1. The van der Waals surface area contributed by atoms with Crippen LogP contribution in [0.2, 0.25) is 0 Å². The van der Waals surface area contributed by atoms with Crippen LogP contribution in [0.3, 0.4) is 0 Å². The van der Waals surface area contributed by atoms with E-state index in [9.17, 15) is 10.1 Å². The van der Waals surface area contributed by atoms with Crippen molar-refractivity contribution in [1.29, 1.82) is 0 Å². The molecule has 0 N–H and O–H groups in total. The Labute approximate surface area is 168 Å². The molecule has 0 radical (unpaired) electrons. The molecule has 0 spiro atoms. The number of pyridine rings is 1. The smallest absolute Gasteiger partial charge is 0.270 e. The van der Waals surface area contributed by atoms with Gasteiger partial charge in [0.15, 0.2) is 5.82 Å². The molecule has 1 aliphatic rings. The third kappa shape index (κ3) is 4.55. The second-order valence-corrected chi connectivity index (χ2v) is 7.03. The van der Waals surface area contributed by atoms with Crippen LogP contribution >= 0.6 is 0 Å². The molecule has 8 nitrogen and oxygen atoms in total. The lowest BCUT2D eigenvalue weighted by Crippen LogP contribution is -2.24. The van der Waals surface area contributed by atoms with E-state index in [1.54, 1.807) is 18.3 Å². The predicted octanol–water partition coefficient (Wildman–Crippen LogP) is 3.55. The van der Waals surface area contributed by atoms with Crippen LogP contribution in [0.25, 0.3) is 11.4 Å². The van der Waals surface area contributed by atoms with Crippen LogP contribution in [0.1, 0.15) is 17.7 Å². The second kappa shape index (κ2) is 8.32. The van der Waals surface area contributed by atoms with Gasteiger partial charge in [0.05, 0.1) is 17.6 Å². The number of benzene rings is 1. The second-order valence-electron chi connectivity index (χ2n) is 7.03. The third-order valence-electron chi connectivity index (χ3n) is 4.83. The van der Waals surface area contributed by atoms with Gasteiger partial charge in [-0.25, -0.2) is 9.97 Å². The first-order chi connectivity index (χ1) is 14.1. The lowest BCUT2D eigenvalue weighted by atomic mass is 10.2. The number of nitro benzene ring substituents is 1. The van der Waals surface area contributed by atoms with Crippen molar-refractivity contribution in [2.75, 3.05) is 18.0 Å². The molecule has 29 heavy (non-hydrogen) atoms. The Kier molecular flexibility index (Phi) is 5.44. The van der Waals surface area contributed by atoms with Crippen LogP contribution in [0.5, 0.6) is 0 Å². The summed E-state index contributed by atoms with van der Waals surface area (Å²) in [6.45, 7) is 4.01. The average Bonchev–Trinajstić information content (AvgIpc) is 3.22. The first-order valence-corrected chi connectivity index (χ1v) is 9.44. The molecule has 3 heterocycles. The number of ether oxygens (including phenoxy) is 1. The van der Waals surface area contributed by atoms with E-state index < -0.39 is 4.92 Å². The molecule has 4 rings (SSSR count). The predicted molar refractivity (Wildman–Crippen MR) is 109 cm³/mol. The molecule has 0 saturated carbocycles. The zero-order valence-electron chi connectivity index (χ0n) is 16.1. The van der Waals surface area contributed by atoms with Gasteiger partial charge < -0.3 is 9.64 Å². The first kappa shape index (κ1) is 18.9. The summed E-state index contributed by atoms with van der Waals surface area (Å²) in [6.07, 6.45) is 4.59. The molecular formula is C21H21N5O3. The Balaban J connectivity index is 1.48. The molecule has 3 aromatic rings. The molecule has 1 saturated heterocycles. The number of rotatable bonds is 6. The van der Waals surface area contributed by atoms with Gasteiger partial charge in [0.2, 0.25) is 0 Å². The van der Waals surface area contributed by atoms with Crippen molar-refractivity contribution >= 4 is 11.5 Å². The minimum atomic E-state index is -0.412. The maximum atomic E-state index is 11.1. The van der Waals surface area contributed by atoms with Crippen molar-refractivity contribution in [3.8, 4) is 11.4 Å². The molecule has 0 amide bonds. The fourth-order valence-electron chi connectivity index (χ4n) is 3.37. The topological polar surface area (TPSA) is 94.3 Å². The van der Waals surface area contributed by atoms with Gasteiger partial charge >= 0.3 is 0 Å². The number of aromatic nitrogens is 3. The van der Waals surface area contributed by atoms with Crippen LogP contribution in [-0.4, -0.2) is 39.1 Å². The van der Waals surface area contributed by atoms with Gasteiger partial charge in [0.25, 0.3) is 5.69 Å². The molecule has 1 unspecified atom stereocenters. The SMILES string of the molecule is Cc1cc(N2CCC(OCc3cccnc3)C2)nc(-c2cccc([N+](=O)[O-])c2)n1. The fraction of sp³-hybridized carbons (Fsp3) is 0.286. The summed E-state index contributed by atoms with van der Waals surface area (Å²) in [5.74, 6) is 1.30. The molecule has 148 valence electrons. The number of nitro groups is 1. The standard InChI is InChI=1S/C21H21N5O3/c1-15-10-20(24-21(23-15)17-5-2-6-18(11-17)26(27)28)25-9-7-19(13-25)29-14-16-4-3-8-22-12-16/h2-6,8,10-12,19H,7,9,13-14H2,1H3. The minimum absolute atomic E-state index is 0.0270. The molecule has 1 aliphatic heterocycles. The van der Waals surface area contributed by atoms with E-state index in [-0.39, 0.29) is 11.8 Å². The van der Waals surface area contributed by atoms with Crippen LogP contribution in [0.4, 0.5) is 11.5 Å². The highest BCUT2D eigenvalue weighted by atomic mass is 16.6. The van der Waals surface area contributed by atoms with Crippen molar-refractivity contribution in [2.24, 2.45) is 0 Å². The van der Waals surface area contributed by atoms with Crippen LogP contribution < -0.4 is 4.90 Å². The quantitative estimate of drug-likeness (QED) is 0.468. The van der Waals surface area contributed by atoms with Crippen molar-refractivity contribution in [2.45, 2.75) is 26.1 Å². The van der Waals surface area contributed by atoms with Gasteiger partial charge in [-0.15, -0.1) is 0 Å². The summed E-state index contributed by atoms with van der Waals surface area (Å²) in [7, 11) is 0. The maximum absolute atomic E-state index is 11.1. The molecule has 8 heteroatoms. The molecule has 1 atom stereocenters. The number of aryl methyl sites for hydroxylation is 1. The van der Waals surface area contributed by atoms with Gasteiger partial charge in [-0.3, -0.25) is 15.1 Å². The van der Waals surface area contributed by atoms with E-state index in [1.165, 1.54) is 12.1 Å². The van der Waals surface area contributed by atoms with Crippen molar-refractivity contribution < 1.29 is 9.66 Å². The van der Waals surface area contributed by atoms with E-state index in [1.807, 2.05) is 31.3 Å². The van der Waals surface area contributed by atoms with Crippen molar-refractivity contribution in [3.05, 3.63) is 76.2 Å². The zero-order valence-corrected chi connectivity index (χ0v) is 16.1. The highest BCUT2D eigenvalue weighted by molar-refractivity contribution is 5.61. The normalized spacial score (nSPS) is 16.2. The number of hydrogen-bond donors (Lipinski definition) is 0. The monoisotopic (exact) mass is 391 g/mol. The highest BCUT2D eigenvalue weighted by Crippen LogP contribution is 2.26. The Morgan fingerprint density at radius 1 is 1.24 bits per heavy atom. The van der Waals surface area contributed by atoms with E-state index >= 15 is 0 Å². The zero-order chi connectivity index (χ0) is 20.2. The summed E-state index contributed by atoms with van der Waals surface area (Å²) < 4.78 is 6.03. The van der Waals surface area contributed by atoms with Crippen LogP contribution in [-0.2, 0) is 11.3 Å². The Hall–Kier alpha value is -3.39. The minimum Gasteiger partial charge on any atom is -0.372 e. The lowest BCUT2D eigenvalue weighted by molar-refractivity contribution is -0.384. The highest BCUT2D eigenvalue weighted by Gasteiger charge is 2.25. The Morgan fingerprint density at radius 2 is 2.14 bits per heavy atom. The fourth-order valence-corrected chi connectivity index (χ4v) is 3.37. The van der Waals surface area contributed by atoms with Crippen LogP contribution in [0, 0.1) is 17.0 Å². The third-order valence-corrected chi connectivity index (χ3v) is 4.83. The average molecular weight is 391 g/mol. The van der Waals surface area contributed by atoms with Gasteiger partial charge in [-0.05, 0) is 25.0 Å². The van der Waals surface area contributed by atoms with Gasteiger partial charge in [0.1, 0.15) is 5.82 Å². The molecule has 1 fully saturated rings. The lowest BCUT2D eigenvalue weighted by Gasteiger charge is -2.19. The van der Waals surface area contributed by atoms with E-state index in [2.05, 4.69) is 19.9 Å². The number of hydrogen-bond acceptors (Lipinski definition) is 7. The molecule has 0 bridgehead atoms. The van der Waals surface area contributed by atoms with Crippen molar-refractivity contribution in [3.63, 3.8) is 0 Å².